The lowest BCUT2D eigenvalue weighted by Crippen LogP contribution is -2.23. The van der Waals surface area contributed by atoms with E-state index in [1.807, 2.05) is 0 Å². The highest BCUT2D eigenvalue weighted by Gasteiger charge is 2.29. The van der Waals surface area contributed by atoms with Gasteiger partial charge >= 0.3 is 5.97 Å². The maximum Gasteiger partial charge on any atom is 0.343 e. The zero-order valence-electron chi connectivity index (χ0n) is 14.4. The summed E-state index contributed by atoms with van der Waals surface area (Å²) < 4.78 is 40.1. The van der Waals surface area contributed by atoms with E-state index in [2.05, 4.69) is 0 Å². The molecule has 0 unspecified atom stereocenters. The molecule has 0 atom stereocenters. The van der Waals surface area contributed by atoms with Crippen molar-refractivity contribution in [2.24, 2.45) is 5.73 Å². The van der Waals surface area contributed by atoms with Crippen LogP contribution >= 0.6 is 0 Å². The van der Waals surface area contributed by atoms with E-state index in [1.54, 1.807) is 6.92 Å². The highest BCUT2D eigenvalue weighted by Crippen LogP contribution is 2.42. The van der Waals surface area contributed by atoms with E-state index in [-0.39, 0.29) is 40.1 Å². The first-order valence-corrected chi connectivity index (χ1v) is 8.20. The second-order valence-electron chi connectivity index (χ2n) is 6.01. The number of pyridine rings is 1. The van der Waals surface area contributed by atoms with Crippen LogP contribution in [-0.2, 0) is 4.74 Å². The lowest BCUT2D eigenvalue weighted by atomic mass is 10.1. The first kappa shape index (κ1) is 17.7. The van der Waals surface area contributed by atoms with Crippen LogP contribution < -0.4 is 15.9 Å². The molecule has 142 valence electrons. The van der Waals surface area contributed by atoms with E-state index in [1.165, 1.54) is 22.8 Å². The summed E-state index contributed by atoms with van der Waals surface area (Å²) in [7, 11) is 0. The normalized spacial score (nSPS) is 11.7. The summed E-state index contributed by atoms with van der Waals surface area (Å²) >= 11 is 0. The summed E-state index contributed by atoms with van der Waals surface area (Å²) in [5.74, 6) is -4.63. The molecule has 4 rings (SSSR count). The zero-order chi connectivity index (χ0) is 20.2. The number of esters is 1. The summed E-state index contributed by atoms with van der Waals surface area (Å²) in [5.41, 5.74) is 4.37. The van der Waals surface area contributed by atoms with E-state index in [4.69, 9.17) is 15.2 Å². The van der Waals surface area contributed by atoms with Gasteiger partial charge in [0.05, 0.1) is 17.7 Å². The highest BCUT2D eigenvalue weighted by atomic mass is 19.2. The third-order valence-corrected chi connectivity index (χ3v) is 4.35. The number of amides is 1. The van der Waals surface area contributed by atoms with Gasteiger partial charge in [-0.25, -0.2) is 9.18 Å². The predicted molar refractivity (Wildman–Crippen MR) is 94.0 cm³/mol. The van der Waals surface area contributed by atoms with Gasteiger partial charge in [0.15, 0.2) is 17.3 Å². The Labute approximate surface area is 155 Å². The third-order valence-electron chi connectivity index (χ3n) is 4.35. The second-order valence-corrected chi connectivity index (χ2v) is 6.01. The molecule has 0 fully saturated rings. The summed E-state index contributed by atoms with van der Waals surface area (Å²) in [6.07, 6.45) is 1.15. The number of rotatable bonds is 3. The van der Waals surface area contributed by atoms with Gasteiger partial charge in [0, 0.05) is 11.8 Å². The fourth-order valence-electron chi connectivity index (χ4n) is 3.10. The van der Waals surface area contributed by atoms with Gasteiger partial charge in [0.2, 0.25) is 17.2 Å². The van der Waals surface area contributed by atoms with Crippen LogP contribution in [0.3, 0.4) is 0 Å². The Morgan fingerprint density at radius 2 is 2.00 bits per heavy atom. The van der Waals surface area contributed by atoms with Crippen LogP contribution in [0.5, 0.6) is 11.5 Å². The highest BCUT2D eigenvalue weighted by molar-refractivity contribution is 5.98. The van der Waals surface area contributed by atoms with Crippen molar-refractivity contribution < 1.29 is 27.8 Å². The molecule has 2 N–H and O–H groups in total. The van der Waals surface area contributed by atoms with E-state index in [0.29, 0.717) is 6.07 Å². The molecule has 2 aromatic carbocycles. The summed E-state index contributed by atoms with van der Waals surface area (Å²) in [6.45, 7) is 1.58. The molecule has 0 aliphatic carbocycles. The van der Waals surface area contributed by atoms with Crippen molar-refractivity contribution >= 4 is 22.8 Å². The number of hydrogen-bond acceptors (Lipinski definition) is 5. The molecule has 0 saturated heterocycles. The minimum atomic E-state index is -1.30. The fraction of sp³-hybridized carbons (Fsp3) is 0.105. The van der Waals surface area contributed by atoms with E-state index in [0.717, 1.165) is 6.20 Å². The Morgan fingerprint density at radius 1 is 1.25 bits per heavy atom. The lowest BCUT2D eigenvalue weighted by Gasteiger charge is -2.24. The van der Waals surface area contributed by atoms with Gasteiger partial charge < -0.3 is 19.8 Å². The maximum atomic E-state index is 14.4. The molecule has 1 amide bonds. The van der Waals surface area contributed by atoms with Crippen LogP contribution in [0.1, 0.15) is 27.6 Å². The van der Waals surface area contributed by atoms with Crippen molar-refractivity contribution in [1.29, 1.82) is 0 Å². The molecule has 7 nitrogen and oxygen atoms in total. The predicted octanol–water partition coefficient (Wildman–Crippen LogP) is 2.65. The number of fused-ring (bicyclic) bond motifs is 2. The monoisotopic (exact) mass is 386 g/mol. The number of nitrogens with zero attached hydrogens (tertiary/aromatic N) is 1. The zero-order valence-corrected chi connectivity index (χ0v) is 14.4. The van der Waals surface area contributed by atoms with Crippen molar-refractivity contribution in [2.45, 2.75) is 6.92 Å². The van der Waals surface area contributed by atoms with Crippen LogP contribution in [0.25, 0.3) is 16.6 Å². The number of ether oxygens (including phenoxy) is 2. The SMILES string of the molecule is CCOC(=O)c1cn2c3c(c(F)c(F)cc3c1=O)Oc1ccc(C(N)=O)cc1-2. The molecule has 0 saturated carbocycles. The number of benzene rings is 2. The van der Waals surface area contributed by atoms with Gasteiger partial charge in [-0.05, 0) is 31.2 Å². The second kappa shape index (κ2) is 6.15. The molecule has 0 spiro atoms. The molecular weight excluding hydrogens is 374 g/mol. The maximum absolute atomic E-state index is 14.4. The number of carbonyl (C=O) groups is 2. The third kappa shape index (κ3) is 2.43. The van der Waals surface area contributed by atoms with Gasteiger partial charge in [-0.3, -0.25) is 9.59 Å². The minimum Gasteiger partial charge on any atom is -0.462 e. The molecule has 28 heavy (non-hydrogen) atoms. The van der Waals surface area contributed by atoms with Crippen LogP contribution in [-0.4, -0.2) is 23.1 Å². The van der Waals surface area contributed by atoms with Crippen molar-refractivity contribution in [3.05, 3.63) is 63.4 Å². The molecule has 1 aromatic heterocycles. The first-order valence-electron chi connectivity index (χ1n) is 8.20. The molecular formula is C19H12F2N2O5. The summed E-state index contributed by atoms with van der Waals surface area (Å²) in [6, 6.07) is 4.77. The molecule has 9 heteroatoms. The molecule has 0 bridgehead atoms. The number of hydrogen-bond donors (Lipinski definition) is 1. The van der Waals surface area contributed by atoms with Crippen molar-refractivity contribution in [1.82, 2.24) is 4.57 Å². The van der Waals surface area contributed by atoms with Gasteiger partial charge in [-0.15, -0.1) is 0 Å². The van der Waals surface area contributed by atoms with E-state index < -0.39 is 34.7 Å². The quantitative estimate of drug-likeness (QED) is 0.546. The first-order chi connectivity index (χ1) is 13.3. The Morgan fingerprint density at radius 3 is 2.68 bits per heavy atom. The number of primary amides is 1. The Hall–Kier alpha value is -3.75. The molecule has 0 radical (unpaired) electrons. The molecule has 1 aliphatic rings. The average Bonchev–Trinajstić information content (AvgIpc) is 2.67. The molecule has 1 aliphatic heterocycles. The van der Waals surface area contributed by atoms with Crippen molar-refractivity contribution in [2.75, 3.05) is 6.61 Å². The number of nitrogens with two attached hydrogens (primary N) is 1. The van der Waals surface area contributed by atoms with Gasteiger partial charge in [0.25, 0.3) is 0 Å². The van der Waals surface area contributed by atoms with E-state index >= 15 is 0 Å². The average molecular weight is 386 g/mol. The Balaban J connectivity index is 2.15. The van der Waals surface area contributed by atoms with Crippen molar-refractivity contribution in [3.63, 3.8) is 0 Å². The Kier molecular flexibility index (Phi) is 3.88. The van der Waals surface area contributed by atoms with Crippen LogP contribution in [0.2, 0.25) is 0 Å². The lowest BCUT2D eigenvalue weighted by molar-refractivity contribution is 0.0524. The van der Waals surface area contributed by atoms with Crippen LogP contribution in [0.4, 0.5) is 8.78 Å². The van der Waals surface area contributed by atoms with Crippen LogP contribution in [0, 0.1) is 11.6 Å². The number of halogens is 2. The summed E-state index contributed by atoms with van der Waals surface area (Å²) in [4.78, 5) is 36.4. The number of carbonyl (C=O) groups excluding carboxylic acids is 2. The molecule has 2 heterocycles. The number of aromatic nitrogens is 1. The topological polar surface area (TPSA) is 101 Å². The standard InChI is InChI=1S/C19H12F2N2O5/c1-2-27-19(26)10-7-23-12-5-8(18(22)25)3-4-13(12)28-17-14(21)11(20)6-9(15(17)23)16(10)24/h3-7H,2H2,1H3,(H2,22,25). The van der Waals surface area contributed by atoms with Gasteiger partial charge in [0.1, 0.15) is 11.1 Å². The smallest absolute Gasteiger partial charge is 0.343 e. The largest absolute Gasteiger partial charge is 0.462 e. The molecule has 3 aromatic rings. The van der Waals surface area contributed by atoms with Crippen molar-refractivity contribution in [3.8, 4) is 17.2 Å². The van der Waals surface area contributed by atoms with Gasteiger partial charge in [-0.1, -0.05) is 0 Å². The minimum absolute atomic E-state index is 0.0187. The van der Waals surface area contributed by atoms with E-state index in [9.17, 15) is 23.2 Å². The Bertz CT molecular complexity index is 1250. The summed E-state index contributed by atoms with van der Waals surface area (Å²) in [5, 5.41) is -0.269. The van der Waals surface area contributed by atoms with Crippen LogP contribution in [0.15, 0.2) is 35.3 Å². The van der Waals surface area contributed by atoms with Gasteiger partial charge in [-0.2, -0.15) is 4.39 Å². The fourth-order valence-corrected chi connectivity index (χ4v) is 3.10.